The quantitative estimate of drug-likeness (QED) is 0.825. The van der Waals surface area contributed by atoms with Crippen LogP contribution in [0.25, 0.3) is 0 Å². The number of rotatable bonds is 5. The minimum Gasteiger partial charge on any atom is -0.497 e. The first kappa shape index (κ1) is 18.4. The average Bonchev–Trinajstić information content (AvgIpc) is 2.90. The number of halogens is 1. The van der Waals surface area contributed by atoms with Crippen LogP contribution in [0.3, 0.4) is 0 Å². The number of carbonyl (C=O) groups excluding carboxylic acids is 1. The van der Waals surface area contributed by atoms with Crippen LogP contribution in [0.15, 0.2) is 48.5 Å². The van der Waals surface area contributed by atoms with E-state index >= 15 is 0 Å². The standard InChI is InChI=1S/C21H25FN2O2/c1-26-20-9-5-18(6-10-20)16-23-11-2-12-24(14-13-23)21(25)15-17-3-7-19(22)8-4-17/h3-10H,2,11-16H2,1H3. The smallest absolute Gasteiger partial charge is 0.227 e. The molecule has 0 saturated carbocycles. The number of hydrogen-bond donors (Lipinski definition) is 0. The van der Waals surface area contributed by atoms with Gasteiger partial charge >= 0.3 is 0 Å². The number of nitrogens with zero attached hydrogens (tertiary/aromatic N) is 2. The Morgan fingerprint density at radius 3 is 2.35 bits per heavy atom. The van der Waals surface area contributed by atoms with Gasteiger partial charge in [-0.05, 0) is 41.8 Å². The number of carbonyl (C=O) groups is 1. The van der Waals surface area contributed by atoms with E-state index in [2.05, 4.69) is 17.0 Å². The number of hydrogen-bond acceptors (Lipinski definition) is 3. The highest BCUT2D eigenvalue weighted by Crippen LogP contribution is 2.15. The van der Waals surface area contributed by atoms with Crippen LogP contribution in [0.1, 0.15) is 17.5 Å². The van der Waals surface area contributed by atoms with E-state index in [0.717, 1.165) is 50.5 Å². The molecule has 0 aromatic heterocycles. The van der Waals surface area contributed by atoms with Crippen LogP contribution >= 0.6 is 0 Å². The second-order valence-corrected chi connectivity index (χ2v) is 6.66. The molecule has 0 spiro atoms. The van der Waals surface area contributed by atoms with Crippen molar-refractivity contribution in [1.82, 2.24) is 9.80 Å². The van der Waals surface area contributed by atoms with Crippen molar-refractivity contribution in [3.63, 3.8) is 0 Å². The Hall–Kier alpha value is -2.40. The Labute approximate surface area is 154 Å². The fourth-order valence-electron chi connectivity index (χ4n) is 3.26. The highest BCUT2D eigenvalue weighted by Gasteiger charge is 2.19. The van der Waals surface area contributed by atoms with Gasteiger partial charge in [0, 0.05) is 32.7 Å². The maximum atomic E-state index is 13.0. The number of methoxy groups -OCH3 is 1. The molecule has 26 heavy (non-hydrogen) atoms. The van der Waals surface area contributed by atoms with Gasteiger partial charge in [0.25, 0.3) is 0 Å². The molecule has 0 bridgehead atoms. The fourth-order valence-corrected chi connectivity index (χ4v) is 3.26. The topological polar surface area (TPSA) is 32.8 Å². The minimum atomic E-state index is -0.273. The third kappa shape index (κ3) is 5.05. The summed E-state index contributed by atoms with van der Waals surface area (Å²) in [4.78, 5) is 16.9. The molecule has 1 fully saturated rings. The van der Waals surface area contributed by atoms with Crippen LogP contribution in [-0.4, -0.2) is 49.0 Å². The van der Waals surface area contributed by atoms with Crippen molar-refractivity contribution in [1.29, 1.82) is 0 Å². The highest BCUT2D eigenvalue weighted by atomic mass is 19.1. The molecular formula is C21H25FN2O2. The summed E-state index contributed by atoms with van der Waals surface area (Å²) >= 11 is 0. The predicted molar refractivity (Wildman–Crippen MR) is 99.6 cm³/mol. The van der Waals surface area contributed by atoms with E-state index < -0.39 is 0 Å². The number of benzene rings is 2. The molecule has 1 amide bonds. The normalized spacial score (nSPS) is 15.5. The Balaban J connectivity index is 1.52. The lowest BCUT2D eigenvalue weighted by molar-refractivity contribution is -0.130. The minimum absolute atomic E-state index is 0.114. The van der Waals surface area contributed by atoms with Crippen molar-refractivity contribution < 1.29 is 13.9 Å². The third-order valence-electron chi connectivity index (χ3n) is 4.78. The van der Waals surface area contributed by atoms with Gasteiger partial charge in [0.1, 0.15) is 11.6 Å². The zero-order valence-electron chi connectivity index (χ0n) is 15.2. The van der Waals surface area contributed by atoms with Crippen molar-refractivity contribution in [3.05, 3.63) is 65.5 Å². The van der Waals surface area contributed by atoms with E-state index in [1.807, 2.05) is 17.0 Å². The second kappa shape index (κ2) is 8.81. The van der Waals surface area contributed by atoms with Crippen LogP contribution in [0.5, 0.6) is 5.75 Å². The van der Waals surface area contributed by atoms with E-state index in [0.29, 0.717) is 6.42 Å². The number of amides is 1. The Morgan fingerprint density at radius 2 is 1.65 bits per heavy atom. The molecule has 0 unspecified atom stereocenters. The molecule has 2 aromatic carbocycles. The second-order valence-electron chi connectivity index (χ2n) is 6.66. The molecule has 1 aliphatic heterocycles. The molecule has 138 valence electrons. The lowest BCUT2D eigenvalue weighted by Gasteiger charge is -2.22. The van der Waals surface area contributed by atoms with E-state index in [9.17, 15) is 9.18 Å². The molecule has 4 nitrogen and oxygen atoms in total. The van der Waals surface area contributed by atoms with Crippen molar-refractivity contribution in [2.75, 3.05) is 33.3 Å². The molecule has 1 heterocycles. The zero-order chi connectivity index (χ0) is 18.4. The zero-order valence-corrected chi connectivity index (χ0v) is 15.2. The van der Waals surface area contributed by atoms with Gasteiger partial charge in [-0.2, -0.15) is 0 Å². The summed E-state index contributed by atoms with van der Waals surface area (Å²) in [7, 11) is 1.67. The van der Waals surface area contributed by atoms with Crippen LogP contribution in [0.4, 0.5) is 4.39 Å². The van der Waals surface area contributed by atoms with Crippen molar-refractivity contribution in [2.24, 2.45) is 0 Å². The Morgan fingerprint density at radius 1 is 0.962 bits per heavy atom. The molecule has 1 saturated heterocycles. The summed E-state index contributed by atoms with van der Waals surface area (Å²) in [6, 6.07) is 14.3. The van der Waals surface area contributed by atoms with Gasteiger partial charge in [-0.1, -0.05) is 24.3 Å². The lowest BCUT2D eigenvalue weighted by Crippen LogP contribution is -2.36. The molecule has 0 atom stereocenters. The maximum Gasteiger partial charge on any atom is 0.227 e. The van der Waals surface area contributed by atoms with Gasteiger partial charge in [0.2, 0.25) is 5.91 Å². The van der Waals surface area contributed by atoms with E-state index in [-0.39, 0.29) is 11.7 Å². The average molecular weight is 356 g/mol. The SMILES string of the molecule is COc1ccc(CN2CCCN(C(=O)Cc3ccc(F)cc3)CC2)cc1. The Kier molecular flexibility index (Phi) is 6.23. The fraction of sp³-hybridized carbons (Fsp3) is 0.381. The molecule has 1 aliphatic rings. The number of ether oxygens (including phenoxy) is 1. The van der Waals surface area contributed by atoms with Crippen LogP contribution < -0.4 is 4.74 Å². The summed E-state index contributed by atoms with van der Waals surface area (Å²) in [6.45, 7) is 4.23. The first-order valence-electron chi connectivity index (χ1n) is 9.01. The highest BCUT2D eigenvalue weighted by molar-refractivity contribution is 5.78. The monoisotopic (exact) mass is 356 g/mol. The van der Waals surface area contributed by atoms with Gasteiger partial charge in [0.05, 0.1) is 13.5 Å². The summed E-state index contributed by atoms with van der Waals surface area (Å²) in [6.07, 6.45) is 1.30. The van der Waals surface area contributed by atoms with Gasteiger partial charge < -0.3 is 9.64 Å². The molecule has 3 rings (SSSR count). The maximum absolute atomic E-state index is 13.0. The first-order chi connectivity index (χ1) is 12.6. The van der Waals surface area contributed by atoms with Crippen molar-refractivity contribution in [3.8, 4) is 5.75 Å². The van der Waals surface area contributed by atoms with E-state index in [1.54, 1.807) is 19.2 Å². The van der Waals surface area contributed by atoms with Crippen LogP contribution in [-0.2, 0) is 17.8 Å². The third-order valence-corrected chi connectivity index (χ3v) is 4.78. The molecule has 0 aliphatic carbocycles. The largest absolute Gasteiger partial charge is 0.497 e. The molecule has 0 radical (unpaired) electrons. The molecule has 0 N–H and O–H groups in total. The van der Waals surface area contributed by atoms with Crippen LogP contribution in [0.2, 0.25) is 0 Å². The first-order valence-corrected chi connectivity index (χ1v) is 9.01. The molecule has 5 heteroatoms. The van der Waals surface area contributed by atoms with Gasteiger partial charge in [-0.25, -0.2) is 4.39 Å². The van der Waals surface area contributed by atoms with Crippen molar-refractivity contribution >= 4 is 5.91 Å². The lowest BCUT2D eigenvalue weighted by atomic mass is 10.1. The van der Waals surface area contributed by atoms with Crippen LogP contribution in [0, 0.1) is 5.82 Å². The van der Waals surface area contributed by atoms with Gasteiger partial charge in [-0.3, -0.25) is 9.69 Å². The molecular weight excluding hydrogens is 331 g/mol. The predicted octanol–water partition coefficient (Wildman–Crippen LogP) is 3.11. The Bertz CT molecular complexity index is 716. The van der Waals surface area contributed by atoms with E-state index in [4.69, 9.17) is 4.74 Å². The van der Waals surface area contributed by atoms with Crippen molar-refractivity contribution in [2.45, 2.75) is 19.4 Å². The summed E-state index contributed by atoms with van der Waals surface area (Å²) < 4.78 is 18.2. The summed E-state index contributed by atoms with van der Waals surface area (Å²) in [5.41, 5.74) is 2.10. The van der Waals surface area contributed by atoms with E-state index in [1.165, 1.54) is 17.7 Å². The van der Waals surface area contributed by atoms with Gasteiger partial charge in [-0.15, -0.1) is 0 Å². The summed E-state index contributed by atoms with van der Waals surface area (Å²) in [5.74, 6) is 0.704. The molecule has 2 aromatic rings. The summed E-state index contributed by atoms with van der Waals surface area (Å²) in [5, 5.41) is 0. The van der Waals surface area contributed by atoms with Gasteiger partial charge in [0.15, 0.2) is 0 Å².